The highest BCUT2D eigenvalue weighted by Gasteiger charge is 2.13. The quantitative estimate of drug-likeness (QED) is 0.596. The van der Waals surface area contributed by atoms with Crippen LogP contribution in [0.2, 0.25) is 0 Å². The molecule has 4 nitrogen and oxygen atoms in total. The SMILES string of the molecule is COC(CC(=O)Nc1cc(Br)ccc1I)OC. The maximum absolute atomic E-state index is 11.7. The van der Waals surface area contributed by atoms with E-state index >= 15 is 0 Å². The predicted molar refractivity (Wildman–Crippen MR) is 77.9 cm³/mol. The number of benzene rings is 1. The summed E-state index contributed by atoms with van der Waals surface area (Å²) >= 11 is 5.53. The average molecular weight is 414 g/mol. The number of anilines is 1. The number of carbonyl (C=O) groups is 1. The number of halogens is 2. The zero-order chi connectivity index (χ0) is 12.8. The number of carbonyl (C=O) groups excluding carboxylic acids is 1. The fraction of sp³-hybridized carbons (Fsp3) is 0.364. The molecule has 0 spiro atoms. The summed E-state index contributed by atoms with van der Waals surface area (Å²) in [5.74, 6) is -0.144. The molecule has 1 aromatic rings. The first-order valence-electron chi connectivity index (χ1n) is 4.87. The minimum atomic E-state index is -0.514. The molecule has 1 N–H and O–H groups in total. The third kappa shape index (κ3) is 4.90. The van der Waals surface area contributed by atoms with E-state index in [1.165, 1.54) is 14.2 Å². The zero-order valence-electron chi connectivity index (χ0n) is 9.50. The van der Waals surface area contributed by atoms with E-state index in [1.807, 2.05) is 18.2 Å². The highest BCUT2D eigenvalue weighted by molar-refractivity contribution is 14.1. The molecule has 1 aromatic carbocycles. The number of amides is 1. The van der Waals surface area contributed by atoms with Crippen LogP contribution in [-0.2, 0) is 14.3 Å². The average Bonchev–Trinajstić information content (AvgIpc) is 2.31. The molecule has 0 aliphatic rings. The van der Waals surface area contributed by atoms with E-state index in [0.29, 0.717) is 0 Å². The van der Waals surface area contributed by atoms with Gasteiger partial charge in [-0.15, -0.1) is 0 Å². The molecule has 0 bridgehead atoms. The van der Waals surface area contributed by atoms with Gasteiger partial charge in [-0.05, 0) is 40.8 Å². The highest BCUT2D eigenvalue weighted by atomic mass is 127. The van der Waals surface area contributed by atoms with E-state index in [-0.39, 0.29) is 12.3 Å². The lowest BCUT2D eigenvalue weighted by Gasteiger charge is -2.13. The lowest BCUT2D eigenvalue weighted by molar-refractivity contribution is -0.134. The summed E-state index contributed by atoms with van der Waals surface area (Å²) in [5, 5.41) is 2.81. The first-order chi connectivity index (χ1) is 8.06. The fourth-order valence-electron chi connectivity index (χ4n) is 1.21. The zero-order valence-corrected chi connectivity index (χ0v) is 13.2. The second-order valence-electron chi connectivity index (χ2n) is 3.28. The molecule has 0 aliphatic heterocycles. The third-order valence-corrected chi connectivity index (χ3v) is 3.51. The van der Waals surface area contributed by atoms with Crippen LogP contribution in [0.25, 0.3) is 0 Å². The molecule has 1 amide bonds. The molecule has 0 unspecified atom stereocenters. The van der Waals surface area contributed by atoms with Crippen LogP contribution in [-0.4, -0.2) is 26.4 Å². The Hall–Kier alpha value is -0.180. The van der Waals surface area contributed by atoms with Crippen LogP contribution in [0, 0.1) is 3.57 Å². The lowest BCUT2D eigenvalue weighted by Crippen LogP contribution is -2.23. The van der Waals surface area contributed by atoms with Gasteiger partial charge in [0, 0.05) is 22.3 Å². The Bertz CT molecular complexity index is 396. The van der Waals surface area contributed by atoms with Crippen LogP contribution >= 0.6 is 38.5 Å². The van der Waals surface area contributed by atoms with Crippen molar-refractivity contribution < 1.29 is 14.3 Å². The summed E-state index contributed by atoms with van der Waals surface area (Å²) in [7, 11) is 3.01. The monoisotopic (exact) mass is 413 g/mol. The Morgan fingerprint density at radius 2 is 2.12 bits per heavy atom. The van der Waals surface area contributed by atoms with E-state index in [4.69, 9.17) is 9.47 Å². The van der Waals surface area contributed by atoms with Gasteiger partial charge in [-0.25, -0.2) is 0 Å². The van der Waals surface area contributed by atoms with Crippen molar-refractivity contribution in [1.82, 2.24) is 0 Å². The summed E-state index contributed by atoms with van der Waals surface area (Å²) in [5.41, 5.74) is 0.774. The van der Waals surface area contributed by atoms with Gasteiger partial charge >= 0.3 is 0 Å². The Labute approximate surface area is 122 Å². The molecule has 0 aliphatic carbocycles. The third-order valence-electron chi connectivity index (χ3n) is 2.08. The fourth-order valence-corrected chi connectivity index (χ4v) is 2.04. The lowest BCUT2D eigenvalue weighted by atomic mass is 10.3. The van der Waals surface area contributed by atoms with E-state index in [1.54, 1.807) is 0 Å². The standard InChI is InChI=1S/C11H13BrINO3/c1-16-11(17-2)6-10(15)14-9-5-7(12)3-4-8(9)13/h3-5,11H,6H2,1-2H3,(H,14,15). The van der Waals surface area contributed by atoms with Crippen molar-refractivity contribution in [1.29, 1.82) is 0 Å². The van der Waals surface area contributed by atoms with Crippen LogP contribution in [0.4, 0.5) is 5.69 Å². The number of hydrogen-bond donors (Lipinski definition) is 1. The van der Waals surface area contributed by atoms with Crippen molar-refractivity contribution in [3.63, 3.8) is 0 Å². The number of hydrogen-bond acceptors (Lipinski definition) is 3. The van der Waals surface area contributed by atoms with Gasteiger partial charge in [0.25, 0.3) is 0 Å². The van der Waals surface area contributed by atoms with Crippen LogP contribution in [0.1, 0.15) is 6.42 Å². The summed E-state index contributed by atoms with van der Waals surface area (Å²) < 4.78 is 11.8. The van der Waals surface area contributed by atoms with Crippen molar-refractivity contribution in [2.24, 2.45) is 0 Å². The number of ether oxygens (including phenoxy) is 2. The number of methoxy groups -OCH3 is 2. The maximum atomic E-state index is 11.7. The van der Waals surface area contributed by atoms with Gasteiger partial charge in [-0.3, -0.25) is 4.79 Å². The Balaban J connectivity index is 2.64. The summed E-state index contributed by atoms with van der Waals surface area (Å²) in [6.45, 7) is 0. The van der Waals surface area contributed by atoms with E-state index < -0.39 is 6.29 Å². The van der Waals surface area contributed by atoms with Gasteiger partial charge in [0.2, 0.25) is 5.91 Å². The van der Waals surface area contributed by atoms with Gasteiger partial charge in [-0.2, -0.15) is 0 Å². The molecule has 0 aromatic heterocycles. The topological polar surface area (TPSA) is 47.6 Å². The summed E-state index contributed by atoms with van der Waals surface area (Å²) in [6, 6.07) is 5.70. The second kappa shape index (κ2) is 7.30. The first kappa shape index (κ1) is 14.9. The molecular weight excluding hydrogens is 401 g/mol. The maximum Gasteiger partial charge on any atom is 0.229 e. The van der Waals surface area contributed by atoms with Crippen LogP contribution < -0.4 is 5.32 Å². The molecule has 1 rings (SSSR count). The molecular formula is C11H13BrINO3. The van der Waals surface area contributed by atoms with Gasteiger partial charge in [0.15, 0.2) is 6.29 Å². The first-order valence-corrected chi connectivity index (χ1v) is 6.74. The van der Waals surface area contributed by atoms with Gasteiger partial charge < -0.3 is 14.8 Å². The van der Waals surface area contributed by atoms with Gasteiger partial charge in [0.1, 0.15) is 0 Å². The van der Waals surface area contributed by atoms with E-state index in [2.05, 4.69) is 43.8 Å². The Kier molecular flexibility index (Phi) is 6.39. The normalized spacial score (nSPS) is 10.6. The smallest absolute Gasteiger partial charge is 0.229 e. The number of nitrogens with one attached hydrogen (secondary N) is 1. The summed E-state index contributed by atoms with van der Waals surface area (Å²) in [4.78, 5) is 11.7. The van der Waals surface area contributed by atoms with Gasteiger partial charge in [0.05, 0.1) is 12.1 Å². The largest absolute Gasteiger partial charge is 0.355 e. The highest BCUT2D eigenvalue weighted by Crippen LogP contribution is 2.23. The van der Waals surface area contributed by atoms with Crippen LogP contribution in [0.5, 0.6) is 0 Å². The minimum absolute atomic E-state index is 0.144. The van der Waals surface area contributed by atoms with E-state index in [0.717, 1.165) is 13.7 Å². The Morgan fingerprint density at radius 1 is 1.47 bits per heavy atom. The van der Waals surface area contributed by atoms with Crippen molar-refractivity contribution in [2.75, 3.05) is 19.5 Å². The molecule has 0 radical (unpaired) electrons. The van der Waals surface area contributed by atoms with Crippen molar-refractivity contribution in [3.8, 4) is 0 Å². The summed E-state index contributed by atoms with van der Waals surface area (Å²) in [6.07, 6.45) is -0.352. The van der Waals surface area contributed by atoms with Crippen molar-refractivity contribution >= 4 is 50.1 Å². The van der Waals surface area contributed by atoms with E-state index in [9.17, 15) is 4.79 Å². The van der Waals surface area contributed by atoms with Gasteiger partial charge in [-0.1, -0.05) is 15.9 Å². The molecule has 0 saturated heterocycles. The van der Waals surface area contributed by atoms with Crippen LogP contribution in [0.15, 0.2) is 22.7 Å². The predicted octanol–water partition coefficient (Wildman–Crippen LogP) is 3.00. The molecule has 0 saturated carbocycles. The second-order valence-corrected chi connectivity index (χ2v) is 5.36. The van der Waals surface area contributed by atoms with Crippen molar-refractivity contribution in [3.05, 3.63) is 26.2 Å². The van der Waals surface area contributed by atoms with Crippen molar-refractivity contribution in [2.45, 2.75) is 12.7 Å². The Morgan fingerprint density at radius 3 is 2.71 bits per heavy atom. The molecule has 0 heterocycles. The molecule has 0 atom stereocenters. The molecule has 17 heavy (non-hydrogen) atoms. The molecule has 94 valence electrons. The minimum Gasteiger partial charge on any atom is -0.355 e. The van der Waals surface area contributed by atoms with Crippen LogP contribution in [0.3, 0.4) is 0 Å². The molecule has 0 fully saturated rings. The number of rotatable bonds is 5. The molecule has 6 heteroatoms.